The van der Waals surface area contributed by atoms with E-state index < -0.39 is 12.1 Å². The maximum Gasteiger partial charge on any atom is 0.407 e. The van der Waals surface area contributed by atoms with Gasteiger partial charge in [-0.25, -0.2) is 4.79 Å². The molecular formula is C28H30N2O5. The third-order valence-electron chi connectivity index (χ3n) is 7.50. The Morgan fingerprint density at radius 1 is 1.00 bits per heavy atom. The van der Waals surface area contributed by atoms with Gasteiger partial charge in [0.05, 0.1) is 6.42 Å². The van der Waals surface area contributed by atoms with E-state index in [2.05, 4.69) is 34.9 Å². The Balaban J connectivity index is 1.12. The SMILES string of the molecule is O=C(O)CC(NC(=O)C1=CCC(NC(=O)OCC2c3ccccc3-c3ccccc32)C1)C1CCC1. The highest BCUT2D eigenvalue weighted by atomic mass is 16.5. The highest BCUT2D eigenvalue weighted by Gasteiger charge is 2.33. The number of carboxylic acid groups (broad SMARTS) is 1. The zero-order chi connectivity index (χ0) is 24.4. The molecule has 0 spiro atoms. The summed E-state index contributed by atoms with van der Waals surface area (Å²) in [6, 6.07) is 15.8. The fourth-order valence-corrected chi connectivity index (χ4v) is 5.45. The van der Waals surface area contributed by atoms with Gasteiger partial charge < -0.3 is 20.5 Å². The minimum atomic E-state index is -0.905. The van der Waals surface area contributed by atoms with Crippen molar-refractivity contribution < 1.29 is 24.2 Å². The molecule has 3 aliphatic carbocycles. The fraction of sp³-hybridized carbons (Fsp3) is 0.393. The van der Waals surface area contributed by atoms with E-state index in [1.807, 2.05) is 30.3 Å². The van der Waals surface area contributed by atoms with Crippen LogP contribution in [0.3, 0.4) is 0 Å². The molecule has 3 N–H and O–H groups in total. The van der Waals surface area contributed by atoms with Gasteiger partial charge in [-0.05, 0) is 53.9 Å². The summed E-state index contributed by atoms with van der Waals surface area (Å²) in [6.45, 7) is 0.242. The van der Waals surface area contributed by atoms with Crippen LogP contribution in [-0.2, 0) is 14.3 Å². The molecule has 2 atom stereocenters. The molecule has 3 aliphatic rings. The minimum absolute atomic E-state index is 0.00568. The first kappa shape index (κ1) is 23.1. The minimum Gasteiger partial charge on any atom is -0.481 e. The van der Waals surface area contributed by atoms with Crippen molar-refractivity contribution in [2.24, 2.45) is 5.92 Å². The normalized spacial score (nSPS) is 19.7. The lowest BCUT2D eigenvalue weighted by Gasteiger charge is -2.33. The maximum atomic E-state index is 12.7. The van der Waals surface area contributed by atoms with Crippen LogP contribution in [0, 0.1) is 5.92 Å². The molecule has 2 unspecified atom stereocenters. The molecule has 5 rings (SSSR count). The van der Waals surface area contributed by atoms with Crippen molar-refractivity contribution in [3.63, 3.8) is 0 Å². The van der Waals surface area contributed by atoms with E-state index in [-0.39, 0.29) is 42.9 Å². The lowest BCUT2D eigenvalue weighted by molar-refractivity contribution is -0.138. The molecule has 0 aliphatic heterocycles. The van der Waals surface area contributed by atoms with Crippen LogP contribution >= 0.6 is 0 Å². The number of carbonyl (C=O) groups excluding carboxylic acids is 2. The number of hydrogen-bond donors (Lipinski definition) is 3. The Kier molecular flexibility index (Phi) is 6.57. The fourth-order valence-electron chi connectivity index (χ4n) is 5.45. The number of rotatable bonds is 8. The van der Waals surface area contributed by atoms with Crippen molar-refractivity contribution in [2.45, 2.75) is 56.5 Å². The van der Waals surface area contributed by atoms with Crippen LogP contribution in [0.5, 0.6) is 0 Å². The molecule has 1 fully saturated rings. The number of alkyl carbamates (subject to hydrolysis) is 1. The predicted molar refractivity (Wildman–Crippen MR) is 131 cm³/mol. The standard InChI is InChI=1S/C28H30N2O5/c31-26(32)15-25(17-6-5-7-17)30-27(33)18-12-13-19(14-18)29-28(34)35-16-24-22-10-3-1-8-20(22)21-9-2-4-11-23(21)24/h1-4,8-12,17,19,24-25H,5-7,13-16H2,(H,29,34)(H,30,33)(H,31,32). The average molecular weight is 475 g/mol. The highest BCUT2D eigenvalue weighted by Crippen LogP contribution is 2.44. The van der Waals surface area contributed by atoms with E-state index in [9.17, 15) is 19.5 Å². The zero-order valence-electron chi connectivity index (χ0n) is 19.5. The summed E-state index contributed by atoms with van der Waals surface area (Å²) in [7, 11) is 0. The van der Waals surface area contributed by atoms with Crippen LogP contribution in [0.15, 0.2) is 60.2 Å². The molecule has 0 bridgehead atoms. The Bertz CT molecular complexity index is 1120. The van der Waals surface area contributed by atoms with E-state index in [0.717, 1.165) is 30.4 Å². The molecule has 2 aromatic carbocycles. The van der Waals surface area contributed by atoms with Crippen LogP contribution in [0.4, 0.5) is 4.79 Å². The molecule has 182 valence electrons. The van der Waals surface area contributed by atoms with Crippen molar-refractivity contribution in [3.8, 4) is 11.1 Å². The molecular weight excluding hydrogens is 444 g/mol. The largest absolute Gasteiger partial charge is 0.481 e. The number of benzene rings is 2. The first-order chi connectivity index (χ1) is 17.0. The van der Waals surface area contributed by atoms with Crippen LogP contribution in [-0.4, -0.2) is 41.8 Å². The van der Waals surface area contributed by atoms with Crippen LogP contribution < -0.4 is 10.6 Å². The molecule has 0 saturated heterocycles. The topological polar surface area (TPSA) is 105 Å². The second-order valence-electron chi connectivity index (χ2n) is 9.70. The van der Waals surface area contributed by atoms with E-state index in [4.69, 9.17) is 4.74 Å². The predicted octanol–water partition coefficient (Wildman–Crippen LogP) is 4.37. The van der Waals surface area contributed by atoms with Crippen LogP contribution in [0.25, 0.3) is 11.1 Å². The number of aliphatic carboxylic acids is 1. The lowest BCUT2D eigenvalue weighted by Crippen LogP contribution is -2.44. The van der Waals surface area contributed by atoms with Gasteiger partial charge in [0.15, 0.2) is 0 Å². The van der Waals surface area contributed by atoms with Crippen molar-refractivity contribution in [1.29, 1.82) is 0 Å². The maximum absolute atomic E-state index is 12.7. The van der Waals surface area contributed by atoms with Crippen molar-refractivity contribution in [1.82, 2.24) is 10.6 Å². The quantitative estimate of drug-likeness (QED) is 0.527. The van der Waals surface area contributed by atoms with Crippen molar-refractivity contribution >= 4 is 18.0 Å². The van der Waals surface area contributed by atoms with Crippen LogP contribution in [0.2, 0.25) is 0 Å². The summed E-state index contributed by atoms with van der Waals surface area (Å²) in [4.78, 5) is 36.5. The van der Waals surface area contributed by atoms with Crippen molar-refractivity contribution in [3.05, 3.63) is 71.3 Å². The van der Waals surface area contributed by atoms with Gasteiger partial charge in [0.25, 0.3) is 0 Å². The third kappa shape index (κ3) is 4.94. The summed E-state index contributed by atoms with van der Waals surface area (Å²) in [5.41, 5.74) is 5.26. The molecule has 0 aromatic heterocycles. The number of carboxylic acids is 1. The number of carbonyl (C=O) groups is 3. The molecule has 2 aromatic rings. The van der Waals surface area contributed by atoms with Gasteiger partial charge in [-0.1, -0.05) is 61.0 Å². The zero-order valence-corrected chi connectivity index (χ0v) is 19.5. The Morgan fingerprint density at radius 2 is 1.66 bits per heavy atom. The van der Waals surface area contributed by atoms with E-state index >= 15 is 0 Å². The number of amides is 2. The number of nitrogens with one attached hydrogen (secondary N) is 2. The van der Waals surface area contributed by atoms with E-state index in [0.29, 0.717) is 18.4 Å². The molecule has 7 nitrogen and oxygen atoms in total. The lowest BCUT2D eigenvalue weighted by atomic mass is 9.78. The molecule has 2 amide bonds. The second kappa shape index (κ2) is 9.94. The average Bonchev–Trinajstić information content (AvgIpc) is 3.39. The summed E-state index contributed by atoms with van der Waals surface area (Å²) in [6.07, 6.45) is 5.18. The Hall–Kier alpha value is -3.61. The first-order valence-electron chi connectivity index (χ1n) is 12.3. The third-order valence-corrected chi connectivity index (χ3v) is 7.50. The van der Waals surface area contributed by atoms with Gasteiger partial charge in [0, 0.05) is 23.6 Å². The molecule has 0 radical (unpaired) electrons. The van der Waals surface area contributed by atoms with Gasteiger partial charge in [-0.3, -0.25) is 9.59 Å². The summed E-state index contributed by atoms with van der Waals surface area (Å²) < 4.78 is 5.62. The molecule has 0 heterocycles. The summed E-state index contributed by atoms with van der Waals surface area (Å²) in [5, 5.41) is 15.0. The number of fused-ring (bicyclic) bond motifs is 3. The Labute approximate surface area is 204 Å². The van der Waals surface area contributed by atoms with Gasteiger partial charge in [-0.2, -0.15) is 0 Å². The summed E-state index contributed by atoms with van der Waals surface area (Å²) in [5.74, 6) is -0.918. The number of ether oxygens (including phenoxy) is 1. The monoisotopic (exact) mass is 474 g/mol. The van der Waals surface area contributed by atoms with Crippen LogP contribution in [0.1, 0.15) is 55.6 Å². The van der Waals surface area contributed by atoms with Gasteiger partial charge in [-0.15, -0.1) is 0 Å². The van der Waals surface area contributed by atoms with E-state index in [1.54, 1.807) is 0 Å². The number of hydrogen-bond acceptors (Lipinski definition) is 4. The van der Waals surface area contributed by atoms with Crippen molar-refractivity contribution in [2.75, 3.05) is 6.61 Å². The molecule has 1 saturated carbocycles. The summed E-state index contributed by atoms with van der Waals surface area (Å²) >= 11 is 0. The highest BCUT2D eigenvalue weighted by molar-refractivity contribution is 5.94. The van der Waals surface area contributed by atoms with Gasteiger partial charge in [0.2, 0.25) is 5.91 Å². The second-order valence-corrected chi connectivity index (χ2v) is 9.70. The van der Waals surface area contributed by atoms with Gasteiger partial charge >= 0.3 is 12.1 Å². The van der Waals surface area contributed by atoms with E-state index in [1.165, 1.54) is 11.1 Å². The first-order valence-corrected chi connectivity index (χ1v) is 12.3. The van der Waals surface area contributed by atoms with Gasteiger partial charge in [0.1, 0.15) is 6.61 Å². The molecule has 35 heavy (non-hydrogen) atoms. The molecule has 7 heteroatoms. The smallest absolute Gasteiger partial charge is 0.407 e. The Morgan fingerprint density at radius 3 is 2.26 bits per heavy atom.